The standard InChI is InChI=1S/C14H13F2NO2/c1-19-13-6-5-10(7-12(13)18)17-8-9-3-2-4-11(15)14(9)16/h2-7,17-18H,8H2,1H3. The van der Waals surface area contributed by atoms with Gasteiger partial charge in [0.1, 0.15) is 0 Å². The van der Waals surface area contributed by atoms with Crippen LogP contribution in [0.4, 0.5) is 14.5 Å². The number of nitrogens with one attached hydrogen (secondary N) is 1. The maximum atomic E-state index is 13.4. The van der Waals surface area contributed by atoms with Crippen molar-refractivity contribution in [2.24, 2.45) is 0 Å². The second-order valence-corrected chi connectivity index (χ2v) is 3.95. The van der Waals surface area contributed by atoms with Gasteiger partial charge in [-0.05, 0) is 18.2 Å². The van der Waals surface area contributed by atoms with Crippen LogP contribution in [0.3, 0.4) is 0 Å². The normalized spacial score (nSPS) is 10.3. The molecule has 0 saturated carbocycles. The van der Waals surface area contributed by atoms with Crippen molar-refractivity contribution in [3.63, 3.8) is 0 Å². The average molecular weight is 265 g/mol. The van der Waals surface area contributed by atoms with Crippen LogP contribution in [0.5, 0.6) is 11.5 Å². The summed E-state index contributed by atoms with van der Waals surface area (Å²) in [7, 11) is 1.45. The molecule has 0 aliphatic carbocycles. The Morgan fingerprint density at radius 3 is 2.68 bits per heavy atom. The molecule has 2 rings (SSSR count). The van der Waals surface area contributed by atoms with Crippen molar-refractivity contribution in [3.05, 3.63) is 53.6 Å². The Labute approximate surface area is 109 Å². The summed E-state index contributed by atoms with van der Waals surface area (Å²) < 4.78 is 31.3. The predicted octanol–water partition coefficient (Wildman–Crippen LogP) is 3.29. The summed E-state index contributed by atoms with van der Waals surface area (Å²) >= 11 is 0. The van der Waals surface area contributed by atoms with Crippen molar-refractivity contribution in [3.8, 4) is 11.5 Å². The van der Waals surface area contributed by atoms with Crippen molar-refractivity contribution in [2.45, 2.75) is 6.54 Å². The van der Waals surface area contributed by atoms with Gasteiger partial charge in [0.25, 0.3) is 0 Å². The van der Waals surface area contributed by atoms with Gasteiger partial charge in [0.15, 0.2) is 23.1 Å². The molecular weight excluding hydrogens is 252 g/mol. The Balaban J connectivity index is 2.10. The molecule has 0 saturated heterocycles. The fraction of sp³-hybridized carbons (Fsp3) is 0.143. The SMILES string of the molecule is COc1ccc(NCc2cccc(F)c2F)cc1O. The number of halogens is 2. The number of benzene rings is 2. The molecule has 19 heavy (non-hydrogen) atoms. The third-order valence-corrected chi connectivity index (χ3v) is 2.69. The van der Waals surface area contributed by atoms with E-state index in [9.17, 15) is 13.9 Å². The smallest absolute Gasteiger partial charge is 0.163 e. The number of hydrogen-bond donors (Lipinski definition) is 2. The summed E-state index contributed by atoms with van der Waals surface area (Å²) in [6.45, 7) is 0.120. The highest BCUT2D eigenvalue weighted by Crippen LogP contribution is 2.28. The molecular formula is C14H13F2NO2. The summed E-state index contributed by atoms with van der Waals surface area (Å²) in [6, 6.07) is 8.72. The van der Waals surface area contributed by atoms with E-state index in [2.05, 4.69) is 5.32 Å². The Kier molecular flexibility index (Phi) is 3.85. The predicted molar refractivity (Wildman–Crippen MR) is 68.3 cm³/mol. The minimum atomic E-state index is -0.878. The maximum Gasteiger partial charge on any atom is 0.163 e. The molecule has 0 aliphatic heterocycles. The fourth-order valence-electron chi connectivity index (χ4n) is 1.68. The lowest BCUT2D eigenvalue weighted by molar-refractivity contribution is 0.373. The van der Waals surface area contributed by atoms with Crippen LogP contribution in [-0.2, 0) is 6.54 Å². The summed E-state index contributed by atoms with van der Waals surface area (Å²) in [6.07, 6.45) is 0. The minimum Gasteiger partial charge on any atom is -0.504 e. The highest BCUT2D eigenvalue weighted by molar-refractivity contribution is 5.54. The second kappa shape index (κ2) is 5.56. The Morgan fingerprint density at radius 2 is 2.00 bits per heavy atom. The molecule has 0 aromatic heterocycles. The van der Waals surface area contributed by atoms with E-state index in [1.807, 2.05) is 0 Å². The number of methoxy groups -OCH3 is 1. The van der Waals surface area contributed by atoms with Crippen LogP contribution in [0, 0.1) is 11.6 Å². The molecule has 2 N–H and O–H groups in total. The van der Waals surface area contributed by atoms with Crippen LogP contribution in [0.1, 0.15) is 5.56 Å². The van der Waals surface area contributed by atoms with Crippen molar-refractivity contribution in [1.29, 1.82) is 0 Å². The van der Waals surface area contributed by atoms with Gasteiger partial charge in [-0.25, -0.2) is 8.78 Å². The third-order valence-electron chi connectivity index (χ3n) is 2.69. The first-order valence-corrected chi connectivity index (χ1v) is 5.65. The Morgan fingerprint density at radius 1 is 1.21 bits per heavy atom. The quantitative estimate of drug-likeness (QED) is 0.891. The van der Waals surface area contributed by atoms with E-state index in [4.69, 9.17) is 4.74 Å². The number of anilines is 1. The molecule has 2 aromatic rings. The van der Waals surface area contributed by atoms with E-state index >= 15 is 0 Å². The largest absolute Gasteiger partial charge is 0.504 e. The second-order valence-electron chi connectivity index (χ2n) is 3.95. The summed E-state index contributed by atoms with van der Waals surface area (Å²) in [5.74, 6) is -1.42. The molecule has 0 aliphatic rings. The van der Waals surface area contributed by atoms with Crippen molar-refractivity contribution in [1.82, 2.24) is 0 Å². The van der Waals surface area contributed by atoms with Crippen LogP contribution in [0.2, 0.25) is 0 Å². The number of aromatic hydroxyl groups is 1. The molecule has 2 aromatic carbocycles. The molecule has 0 heterocycles. The number of hydrogen-bond acceptors (Lipinski definition) is 3. The average Bonchev–Trinajstić information content (AvgIpc) is 2.40. The molecule has 0 spiro atoms. The van der Waals surface area contributed by atoms with E-state index in [1.165, 1.54) is 25.3 Å². The maximum absolute atomic E-state index is 13.4. The van der Waals surface area contributed by atoms with Gasteiger partial charge in [0.05, 0.1) is 7.11 Å². The Bertz CT molecular complexity index is 588. The Hall–Kier alpha value is -2.30. The van der Waals surface area contributed by atoms with Crippen LogP contribution >= 0.6 is 0 Å². The monoisotopic (exact) mass is 265 g/mol. The first kappa shape index (κ1) is 13.1. The number of ether oxygens (including phenoxy) is 1. The van der Waals surface area contributed by atoms with Gasteiger partial charge in [-0.2, -0.15) is 0 Å². The van der Waals surface area contributed by atoms with Crippen molar-refractivity contribution in [2.75, 3.05) is 12.4 Å². The first-order valence-electron chi connectivity index (χ1n) is 5.65. The summed E-state index contributed by atoms with van der Waals surface area (Å²) in [5, 5.41) is 12.5. The molecule has 0 amide bonds. The lowest BCUT2D eigenvalue weighted by Crippen LogP contribution is -2.03. The number of rotatable bonds is 4. The van der Waals surface area contributed by atoms with Gasteiger partial charge in [0, 0.05) is 23.9 Å². The third kappa shape index (κ3) is 2.93. The van der Waals surface area contributed by atoms with E-state index < -0.39 is 11.6 Å². The molecule has 0 fully saturated rings. The van der Waals surface area contributed by atoms with Gasteiger partial charge in [0.2, 0.25) is 0 Å². The molecule has 0 bridgehead atoms. The summed E-state index contributed by atoms with van der Waals surface area (Å²) in [5.41, 5.74) is 0.803. The topological polar surface area (TPSA) is 41.5 Å². The van der Waals surface area contributed by atoms with Crippen LogP contribution in [-0.4, -0.2) is 12.2 Å². The molecule has 100 valence electrons. The molecule has 3 nitrogen and oxygen atoms in total. The molecule has 5 heteroatoms. The van der Waals surface area contributed by atoms with Gasteiger partial charge >= 0.3 is 0 Å². The van der Waals surface area contributed by atoms with Gasteiger partial charge in [-0.1, -0.05) is 12.1 Å². The van der Waals surface area contributed by atoms with E-state index in [1.54, 1.807) is 12.1 Å². The van der Waals surface area contributed by atoms with Crippen LogP contribution < -0.4 is 10.1 Å². The van der Waals surface area contributed by atoms with Gasteiger partial charge < -0.3 is 15.2 Å². The zero-order chi connectivity index (χ0) is 13.8. The zero-order valence-electron chi connectivity index (χ0n) is 10.3. The zero-order valence-corrected chi connectivity index (χ0v) is 10.3. The van der Waals surface area contributed by atoms with Gasteiger partial charge in [-0.15, -0.1) is 0 Å². The fourth-order valence-corrected chi connectivity index (χ4v) is 1.68. The number of phenolic OH excluding ortho intramolecular Hbond substituents is 1. The number of phenols is 1. The highest BCUT2D eigenvalue weighted by atomic mass is 19.2. The minimum absolute atomic E-state index is 0.0211. The van der Waals surface area contributed by atoms with Crippen LogP contribution in [0.25, 0.3) is 0 Å². The molecule has 0 radical (unpaired) electrons. The lowest BCUT2D eigenvalue weighted by atomic mass is 10.2. The summed E-state index contributed by atoms with van der Waals surface area (Å²) in [4.78, 5) is 0. The van der Waals surface area contributed by atoms with Crippen molar-refractivity contribution >= 4 is 5.69 Å². The van der Waals surface area contributed by atoms with Gasteiger partial charge in [-0.3, -0.25) is 0 Å². The van der Waals surface area contributed by atoms with E-state index in [0.717, 1.165) is 6.07 Å². The first-order chi connectivity index (χ1) is 9.11. The lowest BCUT2D eigenvalue weighted by Gasteiger charge is -2.09. The highest BCUT2D eigenvalue weighted by Gasteiger charge is 2.08. The van der Waals surface area contributed by atoms with E-state index in [0.29, 0.717) is 11.4 Å². The van der Waals surface area contributed by atoms with Crippen LogP contribution in [0.15, 0.2) is 36.4 Å². The molecule has 0 unspecified atom stereocenters. The van der Waals surface area contributed by atoms with E-state index in [-0.39, 0.29) is 17.9 Å². The molecule has 0 atom stereocenters. The van der Waals surface area contributed by atoms with Crippen molar-refractivity contribution < 1.29 is 18.6 Å².